The number of carbonyl (C=O) groups excluding carboxylic acids is 1. The molecule has 0 atom stereocenters. The molecule has 0 saturated heterocycles. The number of nitrogens with one attached hydrogen (secondary N) is 1. The molecule has 0 unspecified atom stereocenters. The molecular formula is C17H16Cl3NO2S. The number of hydrogen-bond donors (Lipinski definition) is 1. The second-order valence-electron chi connectivity index (χ2n) is 5.04. The molecule has 3 nitrogen and oxygen atoms in total. The van der Waals surface area contributed by atoms with Crippen molar-refractivity contribution >= 4 is 58.2 Å². The largest absolute Gasteiger partial charge is 0.495 e. The van der Waals surface area contributed by atoms with Crippen LogP contribution in [0.15, 0.2) is 30.3 Å². The van der Waals surface area contributed by atoms with Gasteiger partial charge in [-0.15, -0.1) is 11.8 Å². The van der Waals surface area contributed by atoms with E-state index in [4.69, 9.17) is 39.5 Å². The molecule has 1 N–H and O–H groups in total. The van der Waals surface area contributed by atoms with Crippen molar-refractivity contribution in [3.8, 4) is 5.75 Å². The van der Waals surface area contributed by atoms with Crippen LogP contribution in [0, 0.1) is 6.92 Å². The fourth-order valence-electron chi connectivity index (χ4n) is 2.03. The Morgan fingerprint density at radius 2 is 1.83 bits per heavy atom. The molecule has 0 aromatic heterocycles. The third kappa shape index (κ3) is 4.96. The van der Waals surface area contributed by atoms with Crippen LogP contribution in [0.2, 0.25) is 15.1 Å². The molecule has 0 spiro atoms. The van der Waals surface area contributed by atoms with Gasteiger partial charge in [-0.2, -0.15) is 0 Å². The Bertz CT molecular complexity index is 733. The highest BCUT2D eigenvalue weighted by Crippen LogP contribution is 2.31. The summed E-state index contributed by atoms with van der Waals surface area (Å²) < 4.78 is 5.25. The lowest BCUT2D eigenvalue weighted by Gasteiger charge is -2.12. The van der Waals surface area contributed by atoms with Crippen molar-refractivity contribution in [3.63, 3.8) is 0 Å². The first-order valence-electron chi connectivity index (χ1n) is 7.07. The van der Waals surface area contributed by atoms with E-state index in [1.807, 2.05) is 6.92 Å². The fraction of sp³-hybridized carbons (Fsp3) is 0.235. The number of anilines is 1. The van der Waals surface area contributed by atoms with Crippen LogP contribution >= 0.6 is 46.6 Å². The number of aryl methyl sites for hydroxylation is 1. The average molecular weight is 405 g/mol. The van der Waals surface area contributed by atoms with Crippen LogP contribution in [0.4, 0.5) is 5.69 Å². The SMILES string of the molecule is COc1cc(Cl)c(C)cc1NC(=O)CSCc1c(Cl)cccc1Cl. The van der Waals surface area contributed by atoms with Crippen LogP contribution in [0.25, 0.3) is 0 Å². The molecule has 0 fully saturated rings. The Morgan fingerprint density at radius 1 is 1.17 bits per heavy atom. The smallest absolute Gasteiger partial charge is 0.234 e. The second kappa shape index (κ2) is 8.86. The fourth-order valence-corrected chi connectivity index (χ4v) is 3.75. The lowest BCUT2D eigenvalue weighted by Crippen LogP contribution is -2.15. The molecule has 0 aliphatic carbocycles. The van der Waals surface area contributed by atoms with Gasteiger partial charge in [0.05, 0.1) is 18.6 Å². The van der Waals surface area contributed by atoms with E-state index in [0.29, 0.717) is 32.3 Å². The highest BCUT2D eigenvalue weighted by molar-refractivity contribution is 7.99. The minimum absolute atomic E-state index is 0.136. The van der Waals surface area contributed by atoms with Crippen molar-refractivity contribution in [2.45, 2.75) is 12.7 Å². The van der Waals surface area contributed by atoms with E-state index in [-0.39, 0.29) is 11.7 Å². The molecule has 0 aliphatic heterocycles. The predicted octanol–water partition coefficient (Wildman–Crippen LogP) is 5.84. The van der Waals surface area contributed by atoms with Gasteiger partial charge >= 0.3 is 0 Å². The lowest BCUT2D eigenvalue weighted by atomic mass is 10.2. The summed E-state index contributed by atoms with van der Waals surface area (Å²) in [6.45, 7) is 1.87. The summed E-state index contributed by atoms with van der Waals surface area (Å²) in [5.74, 6) is 1.22. The number of benzene rings is 2. The number of thioether (sulfide) groups is 1. The van der Waals surface area contributed by atoms with Crippen molar-refractivity contribution in [2.75, 3.05) is 18.2 Å². The van der Waals surface area contributed by atoms with Gasteiger partial charge in [-0.05, 0) is 36.2 Å². The van der Waals surface area contributed by atoms with Crippen LogP contribution in [0.3, 0.4) is 0 Å². The van der Waals surface area contributed by atoms with Crippen LogP contribution in [0.5, 0.6) is 5.75 Å². The first-order chi connectivity index (χ1) is 11.4. The Hall–Kier alpha value is -1.07. The molecule has 0 bridgehead atoms. The summed E-state index contributed by atoms with van der Waals surface area (Å²) in [4.78, 5) is 12.2. The van der Waals surface area contributed by atoms with Crippen LogP contribution < -0.4 is 10.1 Å². The summed E-state index contributed by atoms with van der Waals surface area (Å²) in [6.07, 6.45) is 0. The zero-order valence-electron chi connectivity index (χ0n) is 13.2. The summed E-state index contributed by atoms with van der Waals surface area (Å²) in [5, 5.41) is 4.63. The van der Waals surface area contributed by atoms with Crippen LogP contribution in [0.1, 0.15) is 11.1 Å². The molecule has 24 heavy (non-hydrogen) atoms. The van der Waals surface area contributed by atoms with E-state index < -0.39 is 0 Å². The summed E-state index contributed by atoms with van der Waals surface area (Å²) in [5.41, 5.74) is 2.29. The standard InChI is InChI=1S/C17H16Cl3NO2S/c1-10-6-15(16(23-2)7-14(10)20)21-17(22)9-24-8-11-12(18)4-3-5-13(11)19/h3-7H,8-9H2,1-2H3,(H,21,22). The van der Waals surface area contributed by atoms with Gasteiger partial charge < -0.3 is 10.1 Å². The average Bonchev–Trinajstić information content (AvgIpc) is 2.53. The first-order valence-corrected chi connectivity index (χ1v) is 9.36. The van der Waals surface area contributed by atoms with Crippen molar-refractivity contribution < 1.29 is 9.53 Å². The van der Waals surface area contributed by atoms with E-state index >= 15 is 0 Å². The third-order valence-electron chi connectivity index (χ3n) is 3.30. The summed E-state index contributed by atoms with van der Waals surface area (Å²) in [7, 11) is 1.53. The Morgan fingerprint density at radius 3 is 2.46 bits per heavy atom. The van der Waals surface area contributed by atoms with Gasteiger partial charge in [0.2, 0.25) is 5.91 Å². The number of ether oxygens (including phenoxy) is 1. The highest BCUT2D eigenvalue weighted by Gasteiger charge is 2.11. The molecule has 0 radical (unpaired) electrons. The molecule has 2 aromatic rings. The lowest BCUT2D eigenvalue weighted by molar-refractivity contribution is -0.113. The van der Waals surface area contributed by atoms with Gasteiger partial charge in [0, 0.05) is 26.9 Å². The van der Waals surface area contributed by atoms with Crippen molar-refractivity contribution in [3.05, 3.63) is 56.5 Å². The number of halogens is 3. The molecule has 0 saturated carbocycles. The molecule has 7 heteroatoms. The van der Waals surface area contributed by atoms with Crippen LogP contribution in [-0.4, -0.2) is 18.8 Å². The number of amides is 1. The molecule has 1 amide bonds. The Labute approximate surface area is 160 Å². The van der Waals surface area contributed by atoms with E-state index in [1.165, 1.54) is 18.9 Å². The summed E-state index contributed by atoms with van der Waals surface area (Å²) in [6, 6.07) is 8.83. The molecule has 2 aromatic carbocycles. The van der Waals surface area contributed by atoms with Gasteiger partial charge in [0.15, 0.2) is 0 Å². The second-order valence-corrected chi connectivity index (χ2v) is 7.25. The maximum atomic E-state index is 12.2. The number of rotatable bonds is 6. The zero-order chi connectivity index (χ0) is 17.7. The molecule has 0 heterocycles. The van der Waals surface area contributed by atoms with Crippen molar-refractivity contribution in [1.82, 2.24) is 0 Å². The van der Waals surface area contributed by atoms with Gasteiger partial charge in [0.1, 0.15) is 5.75 Å². The molecular weight excluding hydrogens is 389 g/mol. The quantitative estimate of drug-likeness (QED) is 0.657. The molecule has 2 rings (SSSR count). The minimum Gasteiger partial charge on any atom is -0.495 e. The number of methoxy groups -OCH3 is 1. The Balaban J connectivity index is 1.96. The third-order valence-corrected chi connectivity index (χ3v) is 5.37. The maximum absolute atomic E-state index is 12.2. The van der Waals surface area contributed by atoms with Gasteiger partial charge in [-0.25, -0.2) is 0 Å². The molecule has 0 aliphatic rings. The van der Waals surface area contributed by atoms with Crippen molar-refractivity contribution in [2.24, 2.45) is 0 Å². The van der Waals surface area contributed by atoms with E-state index in [9.17, 15) is 4.79 Å². The first kappa shape index (κ1) is 19.3. The van der Waals surface area contributed by atoms with E-state index in [1.54, 1.807) is 30.3 Å². The summed E-state index contributed by atoms with van der Waals surface area (Å²) >= 11 is 19.7. The topological polar surface area (TPSA) is 38.3 Å². The number of carbonyl (C=O) groups is 1. The highest BCUT2D eigenvalue weighted by atomic mass is 35.5. The van der Waals surface area contributed by atoms with E-state index in [2.05, 4.69) is 5.32 Å². The minimum atomic E-state index is -0.136. The van der Waals surface area contributed by atoms with Gasteiger partial charge in [-0.3, -0.25) is 4.79 Å². The van der Waals surface area contributed by atoms with E-state index in [0.717, 1.165) is 11.1 Å². The molecule has 128 valence electrons. The van der Waals surface area contributed by atoms with Gasteiger partial charge in [-0.1, -0.05) is 40.9 Å². The predicted molar refractivity (Wildman–Crippen MR) is 104 cm³/mol. The number of hydrogen-bond acceptors (Lipinski definition) is 3. The monoisotopic (exact) mass is 403 g/mol. The van der Waals surface area contributed by atoms with Gasteiger partial charge in [0.25, 0.3) is 0 Å². The zero-order valence-corrected chi connectivity index (χ0v) is 16.2. The van der Waals surface area contributed by atoms with Crippen LogP contribution in [-0.2, 0) is 10.5 Å². The maximum Gasteiger partial charge on any atom is 0.234 e. The van der Waals surface area contributed by atoms with Crippen molar-refractivity contribution in [1.29, 1.82) is 0 Å². The normalized spacial score (nSPS) is 10.5. The Kier molecular flexibility index (Phi) is 7.11.